The molecule has 2 aromatic heterocycles. The molecular weight excluding hydrogens is 250 g/mol. The maximum Gasteiger partial charge on any atom is 0.152 e. The van der Waals surface area contributed by atoms with Crippen molar-refractivity contribution in [2.45, 2.75) is 46.5 Å². The molecule has 0 fully saturated rings. The summed E-state index contributed by atoms with van der Waals surface area (Å²) in [4.78, 5) is 9.40. The number of aromatic nitrogens is 2. The van der Waals surface area contributed by atoms with Crippen LogP contribution in [0.15, 0.2) is 22.8 Å². The molecule has 0 amide bonds. The van der Waals surface area contributed by atoms with Crippen LogP contribution in [0.25, 0.3) is 11.5 Å². The fourth-order valence-electron chi connectivity index (χ4n) is 1.92. The molecule has 0 atom stereocenters. The van der Waals surface area contributed by atoms with Crippen molar-refractivity contribution in [3.05, 3.63) is 29.8 Å². The normalized spacial score (nSPS) is 11.7. The predicted molar refractivity (Wildman–Crippen MR) is 82.0 cm³/mol. The molecule has 2 rings (SSSR count). The zero-order chi connectivity index (χ0) is 14.8. The van der Waals surface area contributed by atoms with E-state index in [1.807, 2.05) is 19.1 Å². The van der Waals surface area contributed by atoms with Crippen LogP contribution in [0.5, 0.6) is 0 Å². The van der Waals surface area contributed by atoms with Crippen molar-refractivity contribution in [2.75, 3.05) is 11.9 Å². The molecule has 0 bridgehead atoms. The van der Waals surface area contributed by atoms with Gasteiger partial charge in [-0.25, -0.2) is 9.97 Å². The molecule has 0 aromatic carbocycles. The van der Waals surface area contributed by atoms with Crippen molar-refractivity contribution in [3.8, 4) is 11.5 Å². The van der Waals surface area contributed by atoms with Crippen molar-refractivity contribution < 1.29 is 4.42 Å². The van der Waals surface area contributed by atoms with Gasteiger partial charge in [0, 0.05) is 17.5 Å². The van der Waals surface area contributed by atoms with E-state index in [9.17, 15) is 0 Å². The number of nitrogens with one attached hydrogen (secondary N) is 1. The molecule has 0 spiro atoms. The van der Waals surface area contributed by atoms with E-state index in [-0.39, 0.29) is 5.41 Å². The summed E-state index contributed by atoms with van der Waals surface area (Å²) in [5.74, 6) is 2.52. The summed E-state index contributed by atoms with van der Waals surface area (Å²) in [6.45, 7) is 11.4. The van der Waals surface area contributed by atoms with Crippen molar-refractivity contribution in [1.82, 2.24) is 9.97 Å². The Hall–Kier alpha value is -1.84. The zero-order valence-corrected chi connectivity index (χ0v) is 12.9. The fourth-order valence-corrected chi connectivity index (χ4v) is 1.92. The van der Waals surface area contributed by atoms with E-state index in [0.717, 1.165) is 41.6 Å². The molecule has 1 N–H and O–H groups in total. The van der Waals surface area contributed by atoms with Crippen LogP contribution in [0, 0.1) is 6.92 Å². The van der Waals surface area contributed by atoms with Crippen LogP contribution in [0.1, 0.15) is 45.5 Å². The molecule has 20 heavy (non-hydrogen) atoms. The van der Waals surface area contributed by atoms with Crippen LogP contribution < -0.4 is 5.32 Å². The minimum absolute atomic E-state index is 0.0995. The quantitative estimate of drug-likeness (QED) is 0.908. The fraction of sp³-hybridized carbons (Fsp3) is 0.500. The van der Waals surface area contributed by atoms with E-state index >= 15 is 0 Å². The predicted octanol–water partition coefficient (Wildman–Crippen LogP) is 4.16. The lowest BCUT2D eigenvalue weighted by Crippen LogP contribution is -2.19. The third kappa shape index (κ3) is 3.00. The van der Waals surface area contributed by atoms with Crippen LogP contribution >= 0.6 is 0 Å². The van der Waals surface area contributed by atoms with Gasteiger partial charge in [0.15, 0.2) is 5.76 Å². The van der Waals surface area contributed by atoms with Gasteiger partial charge in [0.05, 0.1) is 6.26 Å². The highest BCUT2D eigenvalue weighted by molar-refractivity contribution is 5.64. The molecule has 2 aromatic rings. The summed E-state index contributed by atoms with van der Waals surface area (Å²) in [6.07, 6.45) is 2.73. The molecule has 4 heteroatoms. The standard InChI is InChI=1S/C16H23N3O/c1-6-9-17-14-11(2)13(12-8-7-10-20-12)18-15(19-14)16(3,4)5/h7-8,10H,6,9H2,1-5H3,(H,17,18,19). The third-order valence-corrected chi connectivity index (χ3v) is 3.11. The lowest BCUT2D eigenvalue weighted by molar-refractivity contribution is 0.540. The molecule has 0 unspecified atom stereocenters. The Kier molecular flexibility index (Phi) is 4.12. The van der Waals surface area contributed by atoms with E-state index in [0.29, 0.717) is 0 Å². The minimum atomic E-state index is -0.0995. The number of furan rings is 1. The van der Waals surface area contributed by atoms with Crippen molar-refractivity contribution in [2.24, 2.45) is 0 Å². The second-order valence-corrected chi connectivity index (χ2v) is 6.02. The van der Waals surface area contributed by atoms with E-state index in [2.05, 4.69) is 38.0 Å². The maximum atomic E-state index is 5.51. The maximum absolute atomic E-state index is 5.51. The highest BCUT2D eigenvalue weighted by Gasteiger charge is 2.22. The summed E-state index contributed by atoms with van der Waals surface area (Å²) < 4.78 is 5.51. The van der Waals surface area contributed by atoms with Crippen LogP contribution in [-0.2, 0) is 5.41 Å². The second-order valence-electron chi connectivity index (χ2n) is 6.02. The molecule has 0 aliphatic rings. The van der Waals surface area contributed by atoms with E-state index in [1.165, 1.54) is 0 Å². The van der Waals surface area contributed by atoms with Crippen molar-refractivity contribution >= 4 is 5.82 Å². The third-order valence-electron chi connectivity index (χ3n) is 3.11. The van der Waals surface area contributed by atoms with Gasteiger partial charge in [-0.2, -0.15) is 0 Å². The molecule has 0 saturated heterocycles. The van der Waals surface area contributed by atoms with Crippen LogP contribution in [0.4, 0.5) is 5.82 Å². The Balaban J connectivity index is 2.55. The molecule has 0 saturated carbocycles. The first-order valence-electron chi connectivity index (χ1n) is 7.10. The highest BCUT2D eigenvalue weighted by atomic mass is 16.3. The largest absolute Gasteiger partial charge is 0.463 e. The number of anilines is 1. The van der Waals surface area contributed by atoms with Gasteiger partial charge < -0.3 is 9.73 Å². The van der Waals surface area contributed by atoms with E-state index < -0.39 is 0 Å². The lowest BCUT2D eigenvalue weighted by Gasteiger charge is -2.20. The van der Waals surface area contributed by atoms with Crippen LogP contribution in [0.3, 0.4) is 0 Å². The number of rotatable bonds is 4. The zero-order valence-electron chi connectivity index (χ0n) is 12.9. The van der Waals surface area contributed by atoms with Gasteiger partial charge in [-0.05, 0) is 25.5 Å². The van der Waals surface area contributed by atoms with E-state index in [1.54, 1.807) is 6.26 Å². The number of nitrogens with zero attached hydrogens (tertiary/aromatic N) is 2. The first-order valence-corrected chi connectivity index (χ1v) is 7.10. The summed E-state index contributed by atoms with van der Waals surface area (Å²) in [5, 5.41) is 3.38. The van der Waals surface area contributed by atoms with Gasteiger partial charge in [-0.3, -0.25) is 0 Å². The molecule has 0 aliphatic carbocycles. The minimum Gasteiger partial charge on any atom is -0.463 e. The van der Waals surface area contributed by atoms with Gasteiger partial charge in [0.2, 0.25) is 0 Å². The van der Waals surface area contributed by atoms with Gasteiger partial charge in [0.1, 0.15) is 17.3 Å². The van der Waals surface area contributed by atoms with Gasteiger partial charge >= 0.3 is 0 Å². The van der Waals surface area contributed by atoms with Gasteiger partial charge in [-0.1, -0.05) is 27.7 Å². The average molecular weight is 273 g/mol. The lowest BCUT2D eigenvalue weighted by atomic mass is 9.95. The van der Waals surface area contributed by atoms with Gasteiger partial charge in [0.25, 0.3) is 0 Å². The van der Waals surface area contributed by atoms with Crippen molar-refractivity contribution in [3.63, 3.8) is 0 Å². The molecule has 4 nitrogen and oxygen atoms in total. The summed E-state index contributed by atoms with van der Waals surface area (Å²) in [6, 6.07) is 3.82. The SMILES string of the molecule is CCCNc1nc(C(C)(C)C)nc(-c2ccco2)c1C. The Labute approximate surface area is 120 Å². The Morgan fingerprint density at radius 2 is 2.00 bits per heavy atom. The summed E-state index contributed by atoms with van der Waals surface area (Å²) in [5.41, 5.74) is 1.80. The summed E-state index contributed by atoms with van der Waals surface area (Å²) in [7, 11) is 0. The number of hydrogen-bond donors (Lipinski definition) is 1. The second kappa shape index (κ2) is 5.65. The van der Waals surface area contributed by atoms with Crippen LogP contribution in [0.2, 0.25) is 0 Å². The Bertz CT molecular complexity index is 568. The molecule has 2 heterocycles. The Morgan fingerprint density at radius 3 is 2.55 bits per heavy atom. The summed E-state index contributed by atoms with van der Waals surface area (Å²) >= 11 is 0. The highest BCUT2D eigenvalue weighted by Crippen LogP contribution is 2.29. The molecule has 108 valence electrons. The average Bonchev–Trinajstić information content (AvgIpc) is 2.90. The monoisotopic (exact) mass is 273 g/mol. The van der Waals surface area contributed by atoms with E-state index in [4.69, 9.17) is 9.40 Å². The van der Waals surface area contributed by atoms with Crippen molar-refractivity contribution in [1.29, 1.82) is 0 Å². The molecule has 0 aliphatic heterocycles. The molecular formula is C16H23N3O. The topological polar surface area (TPSA) is 51.0 Å². The first-order chi connectivity index (χ1) is 9.43. The van der Waals surface area contributed by atoms with Crippen LogP contribution in [-0.4, -0.2) is 16.5 Å². The molecule has 0 radical (unpaired) electrons. The number of hydrogen-bond acceptors (Lipinski definition) is 4. The smallest absolute Gasteiger partial charge is 0.152 e. The van der Waals surface area contributed by atoms with Gasteiger partial charge in [-0.15, -0.1) is 0 Å². The first kappa shape index (κ1) is 14.6. The Morgan fingerprint density at radius 1 is 1.25 bits per heavy atom.